The maximum atomic E-state index is 13.9. The number of aliphatic hydroxyl groups excluding tert-OH is 2. The van der Waals surface area contributed by atoms with Gasteiger partial charge in [-0.15, -0.1) is 0 Å². The summed E-state index contributed by atoms with van der Waals surface area (Å²) in [7, 11) is 0. The second-order valence-corrected chi connectivity index (χ2v) is 11.3. The summed E-state index contributed by atoms with van der Waals surface area (Å²) in [6, 6.07) is 0. The molecule has 0 aromatic carbocycles. The summed E-state index contributed by atoms with van der Waals surface area (Å²) in [5.74, 6) is 1.98. The van der Waals surface area contributed by atoms with Gasteiger partial charge in [0.1, 0.15) is 5.67 Å². The molecular weight excluding hydrogens is 375 g/mol. The first-order valence-corrected chi connectivity index (χ1v) is 12.1. The molecule has 0 aromatic heterocycles. The lowest BCUT2D eigenvalue weighted by Gasteiger charge is -2.44. The predicted molar refractivity (Wildman–Crippen MR) is 123 cm³/mol. The van der Waals surface area contributed by atoms with Gasteiger partial charge in [0.15, 0.2) is 0 Å². The molecule has 0 spiro atoms. The molecule has 3 rings (SSSR count). The van der Waals surface area contributed by atoms with Crippen LogP contribution in [0.1, 0.15) is 91.9 Å². The average molecular weight is 419 g/mol. The minimum Gasteiger partial charge on any atom is -0.393 e. The van der Waals surface area contributed by atoms with E-state index < -0.39 is 17.9 Å². The third-order valence-corrected chi connectivity index (χ3v) is 8.42. The van der Waals surface area contributed by atoms with Gasteiger partial charge in [0.25, 0.3) is 0 Å². The molecule has 1 unspecified atom stereocenters. The van der Waals surface area contributed by atoms with Crippen molar-refractivity contribution in [2.45, 2.75) is 110 Å². The molecule has 0 saturated heterocycles. The molecule has 3 heteroatoms. The van der Waals surface area contributed by atoms with E-state index in [1.807, 2.05) is 0 Å². The number of hydrogen-bond donors (Lipinski definition) is 2. The molecule has 3 aliphatic carbocycles. The predicted octanol–water partition coefficient (Wildman–Crippen LogP) is 6.68. The second kappa shape index (κ2) is 9.28. The van der Waals surface area contributed by atoms with E-state index in [2.05, 4.69) is 32.6 Å². The number of fused-ring (bicyclic) bond motifs is 1. The standard InChI is InChI=1S/C27H43FO2/c1-18(8-6-14-26(3,4)28)23-12-13-24-20(9-7-15-27(23,24)5)10-11-21-16-22(29)17-25(30)19(21)2/h10-11,18,22-25,29-30H,2,6-9,12-17H2,1,3-5H3/b20-10?,21-11-/t18-,22-,23-,24?,25-,27-/m1/s1. The highest BCUT2D eigenvalue weighted by Gasteiger charge is 2.50. The molecule has 30 heavy (non-hydrogen) atoms. The van der Waals surface area contributed by atoms with E-state index >= 15 is 0 Å². The molecule has 3 aliphatic rings. The Labute approximate surface area is 183 Å². The van der Waals surface area contributed by atoms with Gasteiger partial charge in [0, 0.05) is 6.42 Å². The van der Waals surface area contributed by atoms with Crippen molar-refractivity contribution in [1.82, 2.24) is 0 Å². The summed E-state index contributed by atoms with van der Waals surface area (Å²) in [5.41, 5.74) is 2.59. The Morgan fingerprint density at radius 3 is 2.70 bits per heavy atom. The molecule has 170 valence electrons. The fraction of sp³-hybridized carbons (Fsp3) is 0.778. The zero-order valence-corrected chi connectivity index (χ0v) is 19.6. The zero-order valence-electron chi connectivity index (χ0n) is 19.6. The number of aliphatic hydroxyl groups is 2. The average Bonchev–Trinajstić information content (AvgIpc) is 3.00. The Hall–Kier alpha value is -0.930. The van der Waals surface area contributed by atoms with Crippen LogP contribution in [-0.4, -0.2) is 28.1 Å². The van der Waals surface area contributed by atoms with Gasteiger partial charge in [0.2, 0.25) is 0 Å². The Bertz CT molecular complexity index is 685. The van der Waals surface area contributed by atoms with E-state index in [1.165, 1.54) is 31.3 Å². The zero-order chi connectivity index (χ0) is 22.1. The van der Waals surface area contributed by atoms with Crippen LogP contribution >= 0.6 is 0 Å². The Kier molecular flexibility index (Phi) is 7.34. The highest BCUT2D eigenvalue weighted by molar-refractivity contribution is 5.38. The van der Waals surface area contributed by atoms with Gasteiger partial charge >= 0.3 is 0 Å². The molecule has 3 fully saturated rings. The van der Waals surface area contributed by atoms with E-state index in [4.69, 9.17) is 0 Å². The van der Waals surface area contributed by atoms with E-state index in [1.54, 1.807) is 13.8 Å². The Balaban J connectivity index is 1.70. The summed E-state index contributed by atoms with van der Waals surface area (Å²) in [6.45, 7) is 12.3. The minimum absolute atomic E-state index is 0.343. The van der Waals surface area contributed by atoms with Gasteiger partial charge < -0.3 is 10.2 Å². The maximum absolute atomic E-state index is 13.9. The molecule has 6 atom stereocenters. The van der Waals surface area contributed by atoms with Gasteiger partial charge in [-0.25, -0.2) is 4.39 Å². The molecule has 3 saturated carbocycles. The second-order valence-electron chi connectivity index (χ2n) is 11.3. The van der Waals surface area contributed by atoms with Crippen LogP contribution in [-0.2, 0) is 0 Å². The SMILES string of the molecule is C=C1/C(=C\C=C2CCC[C@@]3(C)C2CC[C@@H]3[C@H](C)CCCC(C)(C)F)C[C@@H](O)C[C@H]1O. The summed E-state index contributed by atoms with van der Waals surface area (Å²) in [5, 5.41) is 20.1. The van der Waals surface area contributed by atoms with E-state index in [0.717, 1.165) is 36.3 Å². The Morgan fingerprint density at radius 1 is 1.27 bits per heavy atom. The number of allylic oxidation sites excluding steroid dienone is 3. The first-order chi connectivity index (χ1) is 14.0. The maximum Gasteiger partial charge on any atom is 0.105 e. The van der Waals surface area contributed by atoms with Crippen LogP contribution in [0.4, 0.5) is 4.39 Å². The highest BCUT2D eigenvalue weighted by Crippen LogP contribution is 2.60. The van der Waals surface area contributed by atoms with Crippen molar-refractivity contribution >= 4 is 0 Å². The summed E-state index contributed by atoms with van der Waals surface area (Å²) in [6.07, 6.45) is 13.2. The van der Waals surface area contributed by atoms with E-state index in [0.29, 0.717) is 36.5 Å². The van der Waals surface area contributed by atoms with Gasteiger partial charge in [-0.05, 0) is 93.1 Å². The number of hydrogen-bond acceptors (Lipinski definition) is 2. The first kappa shape index (κ1) is 23.7. The van der Waals surface area contributed by atoms with Crippen molar-refractivity contribution in [2.24, 2.45) is 23.2 Å². The van der Waals surface area contributed by atoms with Crippen LogP contribution in [0.2, 0.25) is 0 Å². The lowest BCUT2D eigenvalue weighted by molar-refractivity contribution is 0.0860. The van der Waals surface area contributed by atoms with E-state index in [9.17, 15) is 14.6 Å². The Morgan fingerprint density at radius 2 is 2.00 bits per heavy atom. The van der Waals surface area contributed by atoms with Crippen LogP contribution in [0.3, 0.4) is 0 Å². The van der Waals surface area contributed by atoms with Crippen LogP contribution < -0.4 is 0 Å². The summed E-state index contributed by atoms with van der Waals surface area (Å²) >= 11 is 0. The van der Waals surface area contributed by atoms with E-state index in [-0.39, 0.29) is 0 Å². The van der Waals surface area contributed by atoms with Crippen LogP contribution in [0.5, 0.6) is 0 Å². The molecule has 0 bridgehead atoms. The molecule has 2 nitrogen and oxygen atoms in total. The number of alkyl halides is 1. The fourth-order valence-electron chi connectivity index (χ4n) is 6.72. The lowest BCUT2D eigenvalue weighted by Crippen LogP contribution is -2.36. The molecule has 0 aromatic rings. The van der Waals surface area contributed by atoms with Crippen molar-refractivity contribution in [2.75, 3.05) is 0 Å². The van der Waals surface area contributed by atoms with Crippen LogP contribution in [0, 0.1) is 23.2 Å². The van der Waals surface area contributed by atoms with Gasteiger partial charge in [-0.3, -0.25) is 0 Å². The quantitative estimate of drug-likeness (QED) is 0.505. The topological polar surface area (TPSA) is 40.5 Å². The van der Waals surface area contributed by atoms with Gasteiger partial charge in [-0.2, -0.15) is 0 Å². The molecule has 0 amide bonds. The van der Waals surface area contributed by atoms with Crippen molar-refractivity contribution in [3.05, 3.63) is 35.5 Å². The molecule has 2 N–H and O–H groups in total. The van der Waals surface area contributed by atoms with Crippen LogP contribution in [0.15, 0.2) is 35.5 Å². The van der Waals surface area contributed by atoms with Crippen molar-refractivity contribution in [3.63, 3.8) is 0 Å². The van der Waals surface area contributed by atoms with Gasteiger partial charge in [0.05, 0.1) is 12.2 Å². The molecular formula is C27H43FO2. The van der Waals surface area contributed by atoms with Crippen molar-refractivity contribution < 1.29 is 14.6 Å². The molecule has 0 radical (unpaired) electrons. The fourth-order valence-corrected chi connectivity index (χ4v) is 6.72. The van der Waals surface area contributed by atoms with Crippen LogP contribution in [0.25, 0.3) is 0 Å². The normalized spacial score (nSPS) is 38.8. The number of rotatable bonds is 6. The molecule has 0 heterocycles. The third-order valence-electron chi connectivity index (χ3n) is 8.42. The largest absolute Gasteiger partial charge is 0.393 e. The van der Waals surface area contributed by atoms with Gasteiger partial charge in [-0.1, -0.05) is 51.0 Å². The summed E-state index contributed by atoms with van der Waals surface area (Å²) < 4.78 is 13.9. The van der Waals surface area contributed by atoms with Crippen molar-refractivity contribution in [3.8, 4) is 0 Å². The highest BCUT2D eigenvalue weighted by atomic mass is 19.1. The monoisotopic (exact) mass is 418 g/mol. The van der Waals surface area contributed by atoms with Crippen molar-refractivity contribution in [1.29, 1.82) is 0 Å². The molecule has 0 aliphatic heterocycles. The minimum atomic E-state index is -1.06. The lowest BCUT2D eigenvalue weighted by atomic mass is 9.60. The summed E-state index contributed by atoms with van der Waals surface area (Å²) in [4.78, 5) is 0. The first-order valence-electron chi connectivity index (χ1n) is 12.1. The smallest absolute Gasteiger partial charge is 0.105 e. The number of halogens is 1. The third kappa shape index (κ3) is 5.27.